The van der Waals surface area contributed by atoms with Crippen molar-refractivity contribution in [3.05, 3.63) is 20.0 Å². The van der Waals surface area contributed by atoms with E-state index in [1.807, 2.05) is 0 Å². The van der Waals surface area contributed by atoms with E-state index in [1.165, 1.54) is 25.0 Å². The van der Waals surface area contributed by atoms with Crippen LogP contribution in [0, 0.1) is 5.92 Å². The summed E-state index contributed by atoms with van der Waals surface area (Å²) in [4.78, 5) is 10.7. The molecule has 96 valence electrons. The maximum absolute atomic E-state index is 10.7. The first-order valence-corrected chi connectivity index (χ1v) is 11.6. The van der Waals surface area contributed by atoms with E-state index in [1.54, 1.807) is 3.28 Å². The Balaban J connectivity index is 0.00000128. The predicted molar refractivity (Wildman–Crippen MR) is 59.1 cm³/mol. The van der Waals surface area contributed by atoms with Crippen molar-refractivity contribution in [1.29, 1.82) is 0 Å². The van der Waals surface area contributed by atoms with Crippen LogP contribution in [0.25, 0.3) is 0 Å². The van der Waals surface area contributed by atoms with Gasteiger partial charge in [0, 0.05) is 0 Å². The molecule has 0 saturated carbocycles. The Morgan fingerprint density at radius 1 is 1.18 bits per heavy atom. The van der Waals surface area contributed by atoms with E-state index in [0.29, 0.717) is 5.92 Å². The number of amides is 1. The van der Waals surface area contributed by atoms with Crippen LogP contribution < -0.4 is 28.1 Å². The molecule has 17 heavy (non-hydrogen) atoms. The molecule has 0 aromatic rings. The van der Waals surface area contributed by atoms with Crippen LogP contribution in [0.4, 0.5) is 0 Å². The summed E-state index contributed by atoms with van der Waals surface area (Å²) >= 11 is -2.29. The van der Waals surface area contributed by atoms with E-state index >= 15 is 0 Å². The molecule has 0 spiro atoms. The van der Waals surface area contributed by atoms with E-state index in [9.17, 15) is 4.79 Å². The number of nitrogens with one attached hydrogen (secondary N) is 1. The molecule has 1 N–H and O–H groups in total. The largest absolute Gasteiger partial charge is 1.00 e. The number of carbonyl (C=O) groups excluding carboxylic acids is 1. The Bertz CT molecular complexity index is 386. The van der Waals surface area contributed by atoms with Crippen molar-refractivity contribution < 1.29 is 50.2 Å². The molecule has 2 rings (SSSR count). The molecular weight excluding hydrogens is 336 g/mol. The van der Waals surface area contributed by atoms with Gasteiger partial charge in [-0.2, -0.15) is 0 Å². The molecule has 2 nitrogen and oxygen atoms in total. The zero-order valence-electron chi connectivity index (χ0n) is 10.7. The molecule has 1 aliphatic heterocycles. The summed E-state index contributed by atoms with van der Waals surface area (Å²) in [6.07, 6.45) is 0.944. The number of allylic oxidation sites excluding steroid dienone is 4. The van der Waals surface area contributed by atoms with Crippen molar-refractivity contribution in [2.75, 3.05) is 0 Å². The summed E-state index contributed by atoms with van der Waals surface area (Å²) in [7, 11) is 0. The van der Waals surface area contributed by atoms with Crippen LogP contribution in [-0.4, -0.2) is 6.41 Å². The maximum atomic E-state index is 10.7. The van der Waals surface area contributed by atoms with Crippen molar-refractivity contribution in [3.63, 3.8) is 0 Å². The summed E-state index contributed by atoms with van der Waals surface area (Å²) in [5, 5.41) is 0. The van der Waals surface area contributed by atoms with Gasteiger partial charge in [-0.3, -0.25) is 0 Å². The Morgan fingerprint density at radius 2 is 1.71 bits per heavy atom. The summed E-state index contributed by atoms with van der Waals surface area (Å²) in [6.45, 7) is 8.99. The van der Waals surface area contributed by atoms with Crippen molar-refractivity contribution in [2.24, 2.45) is 5.92 Å². The van der Waals surface area contributed by atoms with E-state index in [0.717, 1.165) is 6.41 Å². The molecule has 1 saturated heterocycles. The van der Waals surface area contributed by atoms with Crippen molar-refractivity contribution in [3.8, 4) is 0 Å². The topological polar surface area (TPSA) is 29.1 Å². The van der Waals surface area contributed by atoms with Gasteiger partial charge in [0.05, 0.1) is 0 Å². The van der Waals surface area contributed by atoms with E-state index < -0.39 is 20.6 Å². The van der Waals surface area contributed by atoms with Crippen LogP contribution in [0.1, 0.15) is 27.7 Å². The smallest absolute Gasteiger partial charge is 1.00 e. The molecule has 1 atom stereocenters. The zero-order valence-corrected chi connectivity index (χ0v) is 14.7. The first kappa shape index (κ1) is 17.4. The predicted octanol–water partition coefficient (Wildman–Crippen LogP) is -3.08. The summed E-state index contributed by atoms with van der Waals surface area (Å²) < 4.78 is 7.50. The van der Waals surface area contributed by atoms with Gasteiger partial charge >= 0.3 is 96.9 Å². The average Bonchev–Trinajstić information content (AvgIpc) is 2.92. The third-order valence-corrected chi connectivity index (χ3v) is 14.1. The van der Waals surface area contributed by atoms with Gasteiger partial charge in [-0.1, -0.05) is 0 Å². The monoisotopic (exact) mass is 353 g/mol. The van der Waals surface area contributed by atoms with Crippen molar-refractivity contribution >= 4 is 6.41 Å². The van der Waals surface area contributed by atoms with Gasteiger partial charge in [-0.05, 0) is 0 Å². The molecule has 1 aliphatic carbocycles. The molecule has 0 bridgehead atoms. The van der Waals surface area contributed by atoms with Gasteiger partial charge in [0.2, 0.25) is 0 Å². The maximum Gasteiger partial charge on any atom is -1.00 e. The molecule has 5 heteroatoms. The number of hydrogen-bond donors (Lipinski definition) is 1. The third kappa shape index (κ3) is 2.72. The summed E-state index contributed by atoms with van der Waals surface area (Å²) in [5.41, 5.74) is 4.47. The number of hydrogen-bond acceptors (Lipinski definition) is 1. The molecule has 1 fully saturated rings. The molecular formula is C12H19Cl2NOZr. The number of rotatable bonds is 3. The first-order chi connectivity index (χ1) is 7.03. The molecule has 1 amide bonds. The minimum absolute atomic E-state index is 0. The molecule has 0 aromatic heterocycles. The van der Waals surface area contributed by atoms with Crippen LogP contribution in [0.2, 0.25) is 8.26 Å². The first-order valence-electron chi connectivity index (χ1n) is 5.64. The van der Waals surface area contributed by atoms with Gasteiger partial charge in [0.15, 0.2) is 0 Å². The van der Waals surface area contributed by atoms with E-state index in [4.69, 9.17) is 0 Å². The molecule has 1 unspecified atom stereocenters. The molecule has 0 radical (unpaired) electrons. The van der Waals surface area contributed by atoms with Crippen LogP contribution in [0.15, 0.2) is 20.0 Å². The van der Waals surface area contributed by atoms with Crippen LogP contribution in [0.3, 0.4) is 0 Å². The van der Waals surface area contributed by atoms with E-state index in [-0.39, 0.29) is 24.8 Å². The van der Waals surface area contributed by atoms with Gasteiger partial charge in [0.1, 0.15) is 0 Å². The Morgan fingerprint density at radius 3 is 2.00 bits per heavy atom. The molecule has 0 aromatic carbocycles. The second-order valence-electron chi connectivity index (χ2n) is 4.91. The van der Waals surface area contributed by atoms with E-state index in [2.05, 4.69) is 31.0 Å². The minimum atomic E-state index is -2.29. The fraction of sp³-hybridized carbons (Fsp3) is 0.583. The van der Waals surface area contributed by atoms with Crippen molar-refractivity contribution in [2.45, 2.75) is 36.0 Å². The van der Waals surface area contributed by atoms with Gasteiger partial charge in [-0.15, -0.1) is 0 Å². The average molecular weight is 355 g/mol. The van der Waals surface area contributed by atoms with Crippen LogP contribution >= 0.6 is 0 Å². The normalized spacial score (nSPS) is 23.2. The Hall–Kier alpha value is 0.413. The standard InChI is InChI=1S/C9H13.C2H4.CH3NO.2ClH.Zr/c1-6-5-7(2)9(4)8(6)3;1-2;2-1-3;;;/h6H,1-4H3;1-2H2;1H,(H2,2,3);2*1H;/q;;;;;+3/p-3. The minimum Gasteiger partial charge on any atom is -1.00 e. The fourth-order valence-corrected chi connectivity index (χ4v) is 14.9. The summed E-state index contributed by atoms with van der Waals surface area (Å²) in [6, 6.07) is 0. The van der Waals surface area contributed by atoms with Crippen molar-refractivity contribution in [1.82, 2.24) is 3.26 Å². The third-order valence-electron chi connectivity index (χ3n) is 4.24. The number of halogens is 2. The van der Waals surface area contributed by atoms with Crippen LogP contribution in [-0.2, 0) is 25.4 Å². The molecule has 2 aliphatic rings. The fourth-order valence-electron chi connectivity index (χ4n) is 2.87. The van der Waals surface area contributed by atoms with Gasteiger partial charge in [-0.25, -0.2) is 0 Å². The number of carbonyl (C=O) groups is 1. The Kier molecular flexibility index (Phi) is 6.18. The van der Waals surface area contributed by atoms with Crippen LogP contribution in [0.5, 0.6) is 0 Å². The second kappa shape index (κ2) is 6.04. The molecule has 1 heterocycles. The quantitative estimate of drug-likeness (QED) is 0.535. The summed E-state index contributed by atoms with van der Waals surface area (Å²) in [5.74, 6) is 0.593. The van der Waals surface area contributed by atoms with Gasteiger partial charge in [0.25, 0.3) is 0 Å². The SMILES string of the molecule is CC1=C(C)C(C)[C]([Zr+2]2([NH]C=O)[CH2][CH2]2)=C1C.[Cl-].[Cl-]. The Labute approximate surface area is 121 Å². The van der Waals surface area contributed by atoms with Gasteiger partial charge < -0.3 is 24.8 Å². The zero-order chi connectivity index (χ0) is 11.2. The second-order valence-corrected chi connectivity index (χ2v) is 14.7.